The third-order valence-electron chi connectivity index (χ3n) is 3.07. The lowest BCUT2D eigenvalue weighted by molar-refractivity contribution is -0.170. The maximum atomic E-state index is 12.9. The van der Waals surface area contributed by atoms with E-state index in [1.807, 2.05) is 0 Å². The van der Waals surface area contributed by atoms with E-state index in [0.29, 0.717) is 11.1 Å². The fourth-order valence-corrected chi connectivity index (χ4v) is 2.08. The number of carbonyl (C=O) groups is 1. The minimum absolute atomic E-state index is 0.182. The molecule has 7 heteroatoms. The van der Waals surface area contributed by atoms with Crippen molar-refractivity contribution in [3.8, 4) is 0 Å². The lowest BCUT2D eigenvalue weighted by atomic mass is 10.1. The number of amides is 1. The van der Waals surface area contributed by atoms with Gasteiger partial charge in [-0.2, -0.15) is 8.78 Å². The second-order valence-corrected chi connectivity index (χ2v) is 4.35. The van der Waals surface area contributed by atoms with Crippen LogP contribution in [0.15, 0.2) is 24.3 Å². The molecule has 0 heterocycles. The predicted octanol–water partition coefficient (Wildman–Crippen LogP) is 1.66. The van der Waals surface area contributed by atoms with Crippen LogP contribution in [0.4, 0.5) is 17.6 Å². The smallest absolute Gasteiger partial charge is 0.383 e. The van der Waals surface area contributed by atoms with Gasteiger partial charge in [-0.3, -0.25) is 4.79 Å². The van der Waals surface area contributed by atoms with Crippen LogP contribution in [0.3, 0.4) is 0 Å². The molecule has 0 aromatic heterocycles. The molecular weight excluding hydrogens is 266 g/mol. The Morgan fingerprint density at radius 3 is 2.63 bits per heavy atom. The number of halogens is 4. The molecule has 3 nitrogen and oxygen atoms in total. The summed E-state index contributed by atoms with van der Waals surface area (Å²) >= 11 is 0. The molecule has 0 fully saturated rings. The van der Waals surface area contributed by atoms with Crippen LogP contribution >= 0.6 is 0 Å². The molecule has 2 N–H and O–H groups in total. The minimum Gasteiger partial charge on any atom is -0.390 e. The lowest BCUT2D eigenvalue weighted by Gasteiger charge is -2.21. The van der Waals surface area contributed by atoms with Crippen molar-refractivity contribution < 1.29 is 27.5 Å². The van der Waals surface area contributed by atoms with Crippen molar-refractivity contribution in [3.63, 3.8) is 0 Å². The summed E-state index contributed by atoms with van der Waals surface area (Å²) in [5.41, 5.74) is 1.16. The lowest BCUT2D eigenvalue weighted by Crippen LogP contribution is -2.48. The second-order valence-electron chi connectivity index (χ2n) is 4.35. The van der Waals surface area contributed by atoms with Crippen LogP contribution in [0.5, 0.6) is 0 Å². The quantitative estimate of drug-likeness (QED) is 0.826. The summed E-state index contributed by atoms with van der Waals surface area (Å²) in [6.07, 6.45) is -5.00. The van der Waals surface area contributed by atoms with Crippen LogP contribution in [-0.4, -0.2) is 29.5 Å². The maximum absolute atomic E-state index is 12.9. The van der Waals surface area contributed by atoms with Crippen LogP contribution in [0, 0.1) is 0 Å². The maximum Gasteiger partial charge on any atom is 0.383 e. The number of nitrogens with one attached hydrogen (secondary N) is 1. The van der Waals surface area contributed by atoms with E-state index in [4.69, 9.17) is 0 Å². The van der Waals surface area contributed by atoms with Crippen molar-refractivity contribution in [1.29, 1.82) is 0 Å². The normalized spacial score (nSPS) is 22.4. The standard InChI is InChI=1S/C12H11F4NO2/c13-10(14)12(15,16)11(19)17-9-7-4-2-1-3-6(7)5-8(9)18/h1-4,8-10,18H,5H2,(H,17,19)/t8-,9+/m0/s1. The summed E-state index contributed by atoms with van der Waals surface area (Å²) in [4.78, 5) is 11.2. The van der Waals surface area contributed by atoms with Gasteiger partial charge in [-0.1, -0.05) is 24.3 Å². The fraction of sp³-hybridized carbons (Fsp3) is 0.417. The van der Waals surface area contributed by atoms with Crippen molar-refractivity contribution in [2.45, 2.75) is 30.9 Å². The first-order chi connectivity index (χ1) is 8.84. The molecule has 0 saturated heterocycles. The first kappa shape index (κ1) is 13.8. The van der Waals surface area contributed by atoms with Crippen LogP contribution < -0.4 is 5.32 Å². The van der Waals surface area contributed by atoms with E-state index < -0.39 is 30.4 Å². The average molecular weight is 277 g/mol. The van der Waals surface area contributed by atoms with Crippen LogP contribution in [-0.2, 0) is 11.2 Å². The molecule has 1 amide bonds. The van der Waals surface area contributed by atoms with Crippen molar-refractivity contribution >= 4 is 5.91 Å². The number of rotatable bonds is 3. The Hall–Kier alpha value is -1.63. The number of hydrogen-bond donors (Lipinski definition) is 2. The summed E-state index contributed by atoms with van der Waals surface area (Å²) in [7, 11) is 0. The highest BCUT2D eigenvalue weighted by Gasteiger charge is 2.50. The number of alkyl halides is 4. The monoisotopic (exact) mass is 277 g/mol. The molecule has 104 valence electrons. The highest BCUT2D eigenvalue weighted by molar-refractivity contribution is 5.84. The molecule has 0 unspecified atom stereocenters. The van der Waals surface area contributed by atoms with E-state index in [2.05, 4.69) is 0 Å². The van der Waals surface area contributed by atoms with Crippen molar-refractivity contribution in [2.75, 3.05) is 0 Å². The van der Waals surface area contributed by atoms with E-state index >= 15 is 0 Å². The van der Waals surface area contributed by atoms with E-state index in [0.717, 1.165) is 0 Å². The summed E-state index contributed by atoms with van der Waals surface area (Å²) in [6.45, 7) is 0. The summed E-state index contributed by atoms with van der Waals surface area (Å²) in [6, 6.07) is 5.45. The van der Waals surface area contributed by atoms with Gasteiger partial charge < -0.3 is 10.4 Å². The zero-order chi connectivity index (χ0) is 14.2. The molecule has 0 spiro atoms. The second kappa shape index (κ2) is 4.80. The molecular formula is C12H11F4NO2. The van der Waals surface area contributed by atoms with E-state index in [9.17, 15) is 27.5 Å². The van der Waals surface area contributed by atoms with Crippen molar-refractivity contribution in [3.05, 3.63) is 35.4 Å². The van der Waals surface area contributed by atoms with Gasteiger partial charge in [0.25, 0.3) is 5.91 Å². The Morgan fingerprint density at radius 2 is 2.00 bits per heavy atom. The number of fused-ring (bicyclic) bond motifs is 1. The molecule has 1 aromatic rings. The van der Waals surface area contributed by atoms with Gasteiger partial charge in [-0.25, -0.2) is 8.78 Å². The Morgan fingerprint density at radius 1 is 1.37 bits per heavy atom. The minimum atomic E-state index is -4.77. The zero-order valence-corrected chi connectivity index (χ0v) is 9.62. The molecule has 0 aliphatic heterocycles. The van der Waals surface area contributed by atoms with Gasteiger partial charge >= 0.3 is 12.3 Å². The SMILES string of the molecule is O=C(N[C@@H]1c2ccccc2C[C@@H]1O)C(F)(F)C(F)F. The van der Waals surface area contributed by atoms with E-state index in [1.165, 1.54) is 0 Å². The number of benzene rings is 1. The molecule has 19 heavy (non-hydrogen) atoms. The third kappa shape index (κ3) is 2.42. The predicted molar refractivity (Wildman–Crippen MR) is 58.0 cm³/mol. The fourth-order valence-electron chi connectivity index (χ4n) is 2.08. The topological polar surface area (TPSA) is 49.3 Å². The van der Waals surface area contributed by atoms with Crippen LogP contribution in [0.2, 0.25) is 0 Å². The Bertz CT molecular complexity index is 492. The van der Waals surface area contributed by atoms with Gasteiger partial charge in [0.05, 0.1) is 12.1 Å². The Kier molecular flexibility index (Phi) is 3.49. The third-order valence-corrected chi connectivity index (χ3v) is 3.07. The number of aliphatic hydroxyl groups is 1. The zero-order valence-electron chi connectivity index (χ0n) is 9.62. The number of carbonyl (C=O) groups excluding carboxylic acids is 1. The number of aliphatic hydroxyl groups excluding tert-OH is 1. The van der Waals surface area contributed by atoms with Gasteiger partial charge in [-0.05, 0) is 11.1 Å². The van der Waals surface area contributed by atoms with Gasteiger partial charge in [0.2, 0.25) is 0 Å². The molecule has 0 saturated carbocycles. The van der Waals surface area contributed by atoms with Gasteiger partial charge in [0.1, 0.15) is 0 Å². The van der Waals surface area contributed by atoms with Gasteiger partial charge in [0, 0.05) is 6.42 Å². The van der Waals surface area contributed by atoms with Crippen LogP contribution in [0.1, 0.15) is 17.2 Å². The van der Waals surface area contributed by atoms with E-state index in [-0.39, 0.29) is 6.42 Å². The average Bonchev–Trinajstić information content (AvgIpc) is 2.66. The first-order valence-corrected chi connectivity index (χ1v) is 5.57. The van der Waals surface area contributed by atoms with Crippen molar-refractivity contribution in [1.82, 2.24) is 5.32 Å². The highest BCUT2D eigenvalue weighted by atomic mass is 19.3. The van der Waals surface area contributed by atoms with Crippen molar-refractivity contribution in [2.24, 2.45) is 0 Å². The molecule has 2 atom stereocenters. The summed E-state index contributed by atoms with van der Waals surface area (Å²) < 4.78 is 49.8. The Balaban J connectivity index is 2.18. The molecule has 0 radical (unpaired) electrons. The molecule has 0 bridgehead atoms. The molecule has 1 aliphatic carbocycles. The molecule has 1 aromatic carbocycles. The number of hydrogen-bond acceptors (Lipinski definition) is 2. The van der Waals surface area contributed by atoms with Crippen LogP contribution in [0.25, 0.3) is 0 Å². The molecule has 2 rings (SSSR count). The largest absolute Gasteiger partial charge is 0.390 e. The van der Waals surface area contributed by atoms with E-state index in [1.54, 1.807) is 29.6 Å². The summed E-state index contributed by atoms with van der Waals surface area (Å²) in [5.74, 6) is -6.85. The summed E-state index contributed by atoms with van der Waals surface area (Å²) in [5, 5.41) is 11.5. The Labute approximate surface area is 106 Å². The van der Waals surface area contributed by atoms with Gasteiger partial charge in [0.15, 0.2) is 0 Å². The molecule has 1 aliphatic rings. The highest BCUT2D eigenvalue weighted by Crippen LogP contribution is 2.32. The van der Waals surface area contributed by atoms with Gasteiger partial charge in [-0.15, -0.1) is 0 Å². The first-order valence-electron chi connectivity index (χ1n) is 5.57.